The van der Waals surface area contributed by atoms with E-state index in [4.69, 9.17) is 13.9 Å². The summed E-state index contributed by atoms with van der Waals surface area (Å²) < 4.78 is 44.3. The van der Waals surface area contributed by atoms with Crippen molar-refractivity contribution in [1.82, 2.24) is 14.9 Å². The standard InChI is InChI=1S/C18H18BrN3O5S/c1-2-25-16-7-5-13(19)12-17(16)28(23,24)20-9-11-27-18-8-6-14(21-22-18)15-4-3-10-26-15/h3-8,10,12,20H,2,9,11H2,1H3. The molecule has 10 heteroatoms. The van der Waals surface area contributed by atoms with Gasteiger partial charge in [0, 0.05) is 17.1 Å². The van der Waals surface area contributed by atoms with E-state index in [0.29, 0.717) is 28.3 Å². The Hall–Kier alpha value is -2.43. The summed E-state index contributed by atoms with van der Waals surface area (Å²) in [6, 6.07) is 11.7. The zero-order valence-electron chi connectivity index (χ0n) is 15.0. The molecule has 2 heterocycles. The lowest BCUT2D eigenvalue weighted by molar-refractivity contribution is 0.306. The van der Waals surface area contributed by atoms with Gasteiger partial charge in [-0.3, -0.25) is 0 Å². The molecule has 148 valence electrons. The van der Waals surface area contributed by atoms with Crippen LogP contribution in [-0.4, -0.2) is 38.4 Å². The summed E-state index contributed by atoms with van der Waals surface area (Å²) in [6.45, 7) is 2.30. The smallest absolute Gasteiger partial charge is 0.244 e. The number of halogens is 1. The molecule has 1 N–H and O–H groups in total. The number of benzene rings is 1. The lowest BCUT2D eigenvalue weighted by atomic mass is 10.3. The van der Waals surface area contributed by atoms with Crippen molar-refractivity contribution in [2.75, 3.05) is 19.8 Å². The molecule has 0 saturated carbocycles. The van der Waals surface area contributed by atoms with Gasteiger partial charge in [-0.25, -0.2) is 13.1 Å². The first-order valence-corrected chi connectivity index (χ1v) is 10.7. The molecule has 0 bridgehead atoms. The summed E-state index contributed by atoms with van der Waals surface area (Å²) >= 11 is 3.28. The zero-order chi connectivity index (χ0) is 20.0. The van der Waals surface area contributed by atoms with E-state index in [1.54, 1.807) is 49.6 Å². The van der Waals surface area contributed by atoms with Crippen molar-refractivity contribution in [2.24, 2.45) is 0 Å². The molecule has 0 aliphatic heterocycles. The van der Waals surface area contributed by atoms with Gasteiger partial charge in [0.1, 0.15) is 22.9 Å². The molecule has 0 amide bonds. The van der Waals surface area contributed by atoms with Crippen molar-refractivity contribution in [3.8, 4) is 23.1 Å². The van der Waals surface area contributed by atoms with Gasteiger partial charge in [0.15, 0.2) is 5.76 Å². The second kappa shape index (κ2) is 9.18. The van der Waals surface area contributed by atoms with E-state index >= 15 is 0 Å². The third-order valence-corrected chi connectivity index (χ3v) is 5.53. The highest BCUT2D eigenvalue weighted by atomic mass is 79.9. The van der Waals surface area contributed by atoms with Gasteiger partial charge in [0.2, 0.25) is 15.9 Å². The molecule has 0 atom stereocenters. The predicted molar refractivity (Wildman–Crippen MR) is 106 cm³/mol. The molecule has 0 spiro atoms. The van der Waals surface area contributed by atoms with E-state index in [-0.39, 0.29) is 23.9 Å². The molecule has 0 fully saturated rings. The molecule has 0 unspecified atom stereocenters. The number of hydrogen-bond acceptors (Lipinski definition) is 7. The van der Waals surface area contributed by atoms with Crippen LogP contribution in [0, 0.1) is 0 Å². The molecule has 2 aromatic heterocycles. The molecule has 0 saturated heterocycles. The summed E-state index contributed by atoms with van der Waals surface area (Å²) in [5.74, 6) is 1.18. The first-order valence-electron chi connectivity index (χ1n) is 8.42. The van der Waals surface area contributed by atoms with Crippen LogP contribution in [0.3, 0.4) is 0 Å². The van der Waals surface area contributed by atoms with Crippen LogP contribution in [0.5, 0.6) is 11.6 Å². The third kappa shape index (κ3) is 5.09. The summed E-state index contributed by atoms with van der Waals surface area (Å²) in [7, 11) is -3.76. The van der Waals surface area contributed by atoms with Gasteiger partial charge in [-0.05, 0) is 43.3 Å². The van der Waals surface area contributed by atoms with Crippen molar-refractivity contribution < 1.29 is 22.3 Å². The van der Waals surface area contributed by atoms with Gasteiger partial charge in [-0.1, -0.05) is 15.9 Å². The van der Waals surface area contributed by atoms with Crippen molar-refractivity contribution in [3.63, 3.8) is 0 Å². The maximum absolute atomic E-state index is 12.6. The van der Waals surface area contributed by atoms with Gasteiger partial charge < -0.3 is 13.9 Å². The molecule has 1 aromatic carbocycles. The van der Waals surface area contributed by atoms with Crippen LogP contribution in [0.25, 0.3) is 11.5 Å². The molecule has 0 aliphatic carbocycles. The summed E-state index contributed by atoms with van der Waals surface area (Å²) in [5, 5.41) is 7.95. The Labute approximate surface area is 171 Å². The minimum Gasteiger partial charge on any atom is -0.492 e. The number of aromatic nitrogens is 2. The first kappa shape index (κ1) is 20.3. The SMILES string of the molecule is CCOc1ccc(Br)cc1S(=O)(=O)NCCOc1ccc(-c2ccco2)nn1. The van der Waals surface area contributed by atoms with Gasteiger partial charge in [-0.2, -0.15) is 0 Å². The Morgan fingerprint density at radius 1 is 1.14 bits per heavy atom. The number of sulfonamides is 1. The van der Waals surface area contributed by atoms with Crippen molar-refractivity contribution >= 4 is 26.0 Å². The van der Waals surface area contributed by atoms with Crippen LogP contribution in [-0.2, 0) is 10.0 Å². The topological polar surface area (TPSA) is 104 Å². The highest BCUT2D eigenvalue weighted by Crippen LogP contribution is 2.27. The van der Waals surface area contributed by atoms with Crippen LogP contribution in [0.2, 0.25) is 0 Å². The molecular formula is C18H18BrN3O5S. The van der Waals surface area contributed by atoms with E-state index in [1.807, 2.05) is 0 Å². The van der Waals surface area contributed by atoms with Crippen molar-refractivity contribution in [3.05, 3.63) is 53.2 Å². The monoisotopic (exact) mass is 467 g/mol. The zero-order valence-corrected chi connectivity index (χ0v) is 17.4. The second-order valence-electron chi connectivity index (χ2n) is 5.50. The minimum atomic E-state index is -3.76. The van der Waals surface area contributed by atoms with E-state index in [0.717, 1.165) is 0 Å². The Kier molecular flexibility index (Phi) is 6.65. The molecule has 3 rings (SSSR count). The van der Waals surface area contributed by atoms with Crippen molar-refractivity contribution in [1.29, 1.82) is 0 Å². The average Bonchev–Trinajstić information content (AvgIpc) is 3.22. The molecule has 8 nitrogen and oxygen atoms in total. The maximum Gasteiger partial charge on any atom is 0.244 e. The number of furan rings is 1. The predicted octanol–water partition coefficient (Wildman–Crippen LogP) is 3.26. The fourth-order valence-corrected chi connectivity index (χ4v) is 4.02. The lowest BCUT2D eigenvalue weighted by Crippen LogP contribution is -2.28. The lowest BCUT2D eigenvalue weighted by Gasteiger charge is -2.12. The van der Waals surface area contributed by atoms with E-state index in [9.17, 15) is 8.42 Å². The molecule has 0 aliphatic rings. The van der Waals surface area contributed by atoms with E-state index in [2.05, 4.69) is 30.8 Å². The normalized spacial score (nSPS) is 11.4. The first-order chi connectivity index (χ1) is 13.5. The van der Waals surface area contributed by atoms with Crippen LogP contribution >= 0.6 is 15.9 Å². The van der Waals surface area contributed by atoms with Crippen LogP contribution in [0.15, 0.2) is 62.5 Å². The van der Waals surface area contributed by atoms with Crippen LogP contribution < -0.4 is 14.2 Å². The molecule has 3 aromatic rings. The highest BCUT2D eigenvalue weighted by molar-refractivity contribution is 9.10. The number of nitrogens with zero attached hydrogens (tertiary/aromatic N) is 2. The molecule has 0 radical (unpaired) electrons. The van der Waals surface area contributed by atoms with Crippen molar-refractivity contribution in [2.45, 2.75) is 11.8 Å². The Morgan fingerprint density at radius 2 is 2.00 bits per heavy atom. The summed E-state index contributed by atoms with van der Waals surface area (Å²) in [4.78, 5) is 0.0614. The average molecular weight is 468 g/mol. The number of rotatable bonds is 9. The number of nitrogens with one attached hydrogen (secondary N) is 1. The van der Waals surface area contributed by atoms with E-state index < -0.39 is 10.0 Å². The number of ether oxygens (including phenoxy) is 2. The summed E-state index contributed by atoms with van der Waals surface area (Å²) in [6.07, 6.45) is 1.55. The quantitative estimate of drug-likeness (QED) is 0.481. The van der Waals surface area contributed by atoms with Gasteiger partial charge in [0.25, 0.3) is 0 Å². The highest BCUT2D eigenvalue weighted by Gasteiger charge is 2.20. The van der Waals surface area contributed by atoms with Gasteiger partial charge in [-0.15, -0.1) is 10.2 Å². The second-order valence-corrected chi connectivity index (χ2v) is 8.16. The fraction of sp³-hybridized carbons (Fsp3) is 0.222. The van der Waals surface area contributed by atoms with Gasteiger partial charge >= 0.3 is 0 Å². The fourth-order valence-electron chi connectivity index (χ4n) is 2.33. The third-order valence-electron chi connectivity index (χ3n) is 3.55. The maximum atomic E-state index is 12.6. The van der Waals surface area contributed by atoms with E-state index in [1.165, 1.54) is 6.07 Å². The largest absolute Gasteiger partial charge is 0.492 e. The summed E-state index contributed by atoms with van der Waals surface area (Å²) in [5.41, 5.74) is 0.580. The molecule has 28 heavy (non-hydrogen) atoms. The minimum absolute atomic E-state index is 0.0576. The Balaban J connectivity index is 1.57. The Bertz CT molecular complexity index is 1010. The Morgan fingerprint density at radius 3 is 2.68 bits per heavy atom. The van der Waals surface area contributed by atoms with Gasteiger partial charge in [0.05, 0.1) is 12.9 Å². The van der Waals surface area contributed by atoms with Crippen LogP contribution in [0.1, 0.15) is 6.92 Å². The van der Waals surface area contributed by atoms with Crippen LogP contribution in [0.4, 0.5) is 0 Å². The number of hydrogen-bond donors (Lipinski definition) is 1. The molecular weight excluding hydrogens is 450 g/mol.